The predicted octanol–water partition coefficient (Wildman–Crippen LogP) is 5.62. The van der Waals surface area contributed by atoms with E-state index >= 15 is 0 Å². The quantitative estimate of drug-likeness (QED) is 0.387. The van der Waals surface area contributed by atoms with Gasteiger partial charge in [0.2, 0.25) is 0 Å². The second-order valence-electron chi connectivity index (χ2n) is 6.66. The molecule has 0 saturated carbocycles. The Morgan fingerprint density at radius 1 is 0.633 bits per heavy atom. The normalized spacial score (nSPS) is 11.2. The molecule has 0 fully saturated rings. The monoisotopic (exact) mass is 480 g/mol. The highest BCUT2D eigenvalue weighted by Gasteiger charge is 2.18. The second-order valence-corrected chi connectivity index (χ2v) is 8.29. The van der Waals surface area contributed by atoms with Crippen LogP contribution in [0.2, 0.25) is 20.1 Å². The van der Waals surface area contributed by atoms with E-state index in [1.54, 1.807) is 58.2 Å². The lowest BCUT2D eigenvalue weighted by Gasteiger charge is -2.07. The van der Waals surface area contributed by atoms with Crippen LogP contribution in [-0.4, -0.2) is 19.6 Å². The van der Waals surface area contributed by atoms with Gasteiger partial charge in [0.1, 0.15) is 11.4 Å². The van der Waals surface area contributed by atoms with Gasteiger partial charge in [-0.25, -0.2) is 0 Å². The van der Waals surface area contributed by atoms with Gasteiger partial charge >= 0.3 is 0 Å². The van der Waals surface area contributed by atoms with E-state index in [2.05, 4.69) is 10.2 Å². The Morgan fingerprint density at radius 3 is 1.30 bits per heavy atom. The van der Waals surface area contributed by atoms with Crippen molar-refractivity contribution in [2.24, 2.45) is 0 Å². The van der Waals surface area contributed by atoms with Crippen LogP contribution >= 0.6 is 46.4 Å². The number of nitrogens with two attached hydrogens (primary N) is 2. The van der Waals surface area contributed by atoms with Crippen LogP contribution in [0.5, 0.6) is 0 Å². The smallest absolute Gasteiger partial charge is 0.138 e. The van der Waals surface area contributed by atoms with E-state index in [0.29, 0.717) is 55.9 Å². The third-order valence-electron chi connectivity index (χ3n) is 4.57. The molecular weight excluding hydrogens is 466 g/mol. The first-order chi connectivity index (χ1) is 14.3. The zero-order chi connectivity index (χ0) is 21.4. The molecule has 6 nitrogen and oxygen atoms in total. The largest absolute Gasteiger partial charge is 0.396 e. The molecule has 0 bridgehead atoms. The summed E-state index contributed by atoms with van der Waals surface area (Å²) in [4.78, 5) is 0. The Bertz CT molecular complexity index is 1090. The Balaban J connectivity index is 1.64. The molecule has 4 aromatic rings. The SMILES string of the molecule is Nc1cn(Cc2c(Cl)cccc2Cl)nc1-c1nn(Cc2c(Cl)cccc2Cl)cc1N. The van der Waals surface area contributed by atoms with E-state index in [1.165, 1.54) is 0 Å². The first-order valence-corrected chi connectivity index (χ1v) is 10.4. The van der Waals surface area contributed by atoms with Crippen molar-refractivity contribution in [2.75, 3.05) is 11.5 Å². The van der Waals surface area contributed by atoms with E-state index in [-0.39, 0.29) is 0 Å². The molecule has 0 aliphatic carbocycles. The van der Waals surface area contributed by atoms with Crippen molar-refractivity contribution in [3.8, 4) is 11.4 Å². The van der Waals surface area contributed by atoms with E-state index < -0.39 is 0 Å². The Labute approximate surface area is 192 Å². The lowest BCUT2D eigenvalue weighted by Crippen LogP contribution is -2.03. The summed E-state index contributed by atoms with van der Waals surface area (Å²) in [5.74, 6) is 0. The zero-order valence-corrected chi connectivity index (χ0v) is 18.5. The summed E-state index contributed by atoms with van der Waals surface area (Å²) in [5, 5.41) is 11.3. The molecule has 0 unspecified atom stereocenters. The molecule has 2 heterocycles. The van der Waals surface area contributed by atoms with E-state index in [1.807, 2.05) is 0 Å². The van der Waals surface area contributed by atoms with E-state index in [9.17, 15) is 0 Å². The molecule has 154 valence electrons. The summed E-state index contributed by atoms with van der Waals surface area (Å²) in [5.41, 5.74) is 15.7. The molecule has 2 aromatic carbocycles. The number of hydrogen-bond acceptors (Lipinski definition) is 4. The van der Waals surface area contributed by atoms with E-state index in [4.69, 9.17) is 57.9 Å². The molecule has 30 heavy (non-hydrogen) atoms. The van der Waals surface area contributed by atoms with Crippen molar-refractivity contribution in [2.45, 2.75) is 13.1 Å². The third kappa shape index (κ3) is 4.09. The van der Waals surface area contributed by atoms with Crippen molar-refractivity contribution in [3.05, 3.63) is 80.0 Å². The molecule has 4 rings (SSSR count). The van der Waals surface area contributed by atoms with Crippen molar-refractivity contribution in [3.63, 3.8) is 0 Å². The molecule has 0 amide bonds. The van der Waals surface area contributed by atoms with Gasteiger partial charge < -0.3 is 11.5 Å². The number of anilines is 2. The number of nitrogen functional groups attached to an aromatic ring is 2. The summed E-state index contributed by atoms with van der Waals surface area (Å²) in [6.07, 6.45) is 3.39. The number of benzene rings is 2. The summed E-state index contributed by atoms with van der Waals surface area (Å²) < 4.78 is 3.31. The fourth-order valence-electron chi connectivity index (χ4n) is 3.09. The molecule has 4 N–H and O–H groups in total. The Morgan fingerprint density at radius 2 is 0.967 bits per heavy atom. The molecule has 0 radical (unpaired) electrons. The first kappa shape index (κ1) is 20.9. The lowest BCUT2D eigenvalue weighted by atomic mass is 10.2. The minimum atomic E-state index is 0.360. The van der Waals surface area contributed by atoms with Gasteiger partial charge in [0, 0.05) is 43.6 Å². The highest BCUT2D eigenvalue weighted by molar-refractivity contribution is 6.36. The Kier molecular flexibility index (Phi) is 5.84. The van der Waals surface area contributed by atoms with Gasteiger partial charge in [0.05, 0.1) is 24.5 Å². The average molecular weight is 482 g/mol. The second kappa shape index (κ2) is 8.40. The summed E-state index contributed by atoms with van der Waals surface area (Å²) in [7, 11) is 0. The molecule has 2 aromatic heterocycles. The van der Waals surface area contributed by atoms with Gasteiger partial charge in [0.15, 0.2) is 0 Å². The number of aromatic nitrogens is 4. The maximum atomic E-state index is 6.26. The van der Waals surface area contributed by atoms with Crippen LogP contribution in [0.3, 0.4) is 0 Å². The molecule has 10 heteroatoms. The zero-order valence-electron chi connectivity index (χ0n) is 15.5. The highest BCUT2D eigenvalue weighted by Crippen LogP contribution is 2.31. The van der Waals surface area contributed by atoms with Crippen LogP contribution in [0.4, 0.5) is 11.4 Å². The van der Waals surface area contributed by atoms with Crippen molar-refractivity contribution >= 4 is 57.8 Å². The van der Waals surface area contributed by atoms with Crippen LogP contribution < -0.4 is 11.5 Å². The third-order valence-corrected chi connectivity index (χ3v) is 5.98. The molecule has 0 aliphatic heterocycles. The summed E-state index contributed by atoms with van der Waals surface area (Å²) >= 11 is 25.0. The fourth-order valence-corrected chi connectivity index (χ4v) is 4.13. The fraction of sp³-hybridized carbons (Fsp3) is 0.100. The number of nitrogens with zero attached hydrogens (tertiary/aromatic N) is 4. The molecule has 0 aliphatic rings. The van der Waals surface area contributed by atoms with Crippen LogP contribution in [0.1, 0.15) is 11.1 Å². The van der Waals surface area contributed by atoms with Crippen LogP contribution in [0.15, 0.2) is 48.8 Å². The van der Waals surface area contributed by atoms with Gasteiger partial charge in [0.25, 0.3) is 0 Å². The maximum Gasteiger partial charge on any atom is 0.138 e. The number of rotatable bonds is 5. The predicted molar refractivity (Wildman–Crippen MR) is 123 cm³/mol. The number of hydrogen-bond donors (Lipinski definition) is 2. The lowest BCUT2D eigenvalue weighted by molar-refractivity contribution is 0.679. The van der Waals surface area contributed by atoms with Crippen molar-refractivity contribution < 1.29 is 0 Å². The molecule has 0 saturated heterocycles. The summed E-state index contributed by atoms with van der Waals surface area (Å²) in [6, 6.07) is 10.7. The van der Waals surface area contributed by atoms with Crippen LogP contribution in [0, 0.1) is 0 Å². The molecular formula is C20H16Cl4N6. The average Bonchev–Trinajstić information content (AvgIpc) is 3.23. The van der Waals surface area contributed by atoms with Gasteiger partial charge in [-0.1, -0.05) is 58.5 Å². The van der Waals surface area contributed by atoms with Crippen molar-refractivity contribution in [1.82, 2.24) is 19.6 Å². The minimum absolute atomic E-state index is 0.360. The minimum Gasteiger partial charge on any atom is -0.396 e. The summed E-state index contributed by atoms with van der Waals surface area (Å²) in [6.45, 7) is 0.719. The van der Waals surface area contributed by atoms with Crippen molar-refractivity contribution in [1.29, 1.82) is 0 Å². The topological polar surface area (TPSA) is 87.7 Å². The first-order valence-electron chi connectivity index (χ1n) is 8.85. The van der Waals surface area contributed by atoms with Gasteiger partial charge in [-0.2, -0.15) is 10.2 Å². The Hall–Kier alpha value is -2.38. The maximum absolute atomic E-state index is 6.26. The number of halogens is 4. The van der Waals surface area contributed by atoms with E-state index in [0.717, 1.165) is 11.1 Å². The van der Waals surface area contributed by atoms with Gasteiger partial charge in [-0.05, 0) is 24.3 Å². The van der Waals surface area contributed by atoms with Gasteiger partial charge in [-0.15, -0.1) is 0 Å². The highest BCUT2D eigenvalue weighted by atomic mass is 35.5. The molecule has 0 spiro atoms. The standard InChI is InChI=1S/C20H16Cl4N6/c21-13-3-1-4-14(22)11(13)7-29-9-17(25)19(27-29)20-18(26)10-30(28-20)8-12-15(23)5-2-6-16(12)24/h1-6,9-10H,7-8,25-26H2. The van der Waals surface area contributed by atoms with Crippen LogP contribution in [-0.2, 0) is 13.1 Å². The van der Waals surface area contributed by atoms with Gasteiger partial charge in [-0.3, -0.25) is 9.36 Å². The van der Waals surface area contributed by atoms with Crippen LogP contribution in [0.25, 0.3) is 11.4 Å². The molecule has 0 atom stereocenters.